The highest BCUT2D eigenvalue weighted by Gasteiger charge is 2.38. The molecule has 9 nitrogen and oxygen atoms in total. The van der Waals surface area contributed by atoms with Gasteiger partial charge in [0.25, 0.3) is 0 Å². The van der Waals surface area contributed by atoms with Crippen LogP contribution in [0.25, 0.3) is 0 Å². The number of amides is 2. The lowest BCUT2D eigenvalue weighted by Gasteiger charge is -2.44. The van der Waals surface area contributed by atoms with Gasteiger partial charge in [0.1, 0.15) is 0 Å². The average molecular weight is 393 g/mol. The minimum Gasteiger partial charge on any atom is -0.340 e. The summed E-state index contributed by atoms with van der Waals surface area (Å²) in [6, 6.07) is 7.02. The molecule has 0 spiro atoms. The zero-order chi connectivity index (χ0) is 19.6. The summed E-state index contributed by atoms with van der Waals surface area (Å²) in [5.41, 5.74) is 1.72. The molecule has 0 aliphatic carbocycles. The lowest BCUT2D eigenvalue weighted by molar-refractivity contribution is 0.109. The van der Waals surface area contributed by atoms with Gasteiger partial charge < -0.3 is 14.7 Å². The van der Waals surface area contributed by atoms with Gasteiger partial charge in [0.15, 0.2) is 5.82 Å². The smallest absolute Gasteiger partial charge is 0.321 e. The molecule has 1 aromatic heterocycles. The fraction of sp³-hybridized carbons (Fsp3) is 0.471. The van der Waals surface area contributed by atoms with E-state index in [0.29, 0.717) is 31.2 Å². The van der Waals surface area contributed by atoms with Crippen LogP contribution in [0.5, 0.6) is 0 Å². The molecule has 2 aromatic rings. The summed E-state index contributed by atoms with van der Waals surface area (Å²) in [5.74, 6) is 0.910. The molecule has 1 N–H and O–H groups in total. The van der Waals surface area contributed by atoms with Crippen molar-refractivity contribution in [1.29, 1.82) is 0 Å². The number of aromatic nitrogens is 2. The van der Waals surface area contributed by atoms with Crippen LogP contribution in [-0.2, 0) is 16.4 Å². The third-order valence-corrected chi connectivity index (χ3v) is 5.83. The van der Waals surface area contributed by atoms with Crippen LogP contribution in [0, 0.1) is 13.8 Å². The third kappa shape index (κ3) is 4.64. The topological polar surface area (TPSA) is 109 Å². The molecule has 0 atom stereocenters. The molecule has 1 aliphatic rings. The summed E-state index contributed by atoms with van der Waals surface area (Å²) < 4.78 is 30.6. The van der Waals surface area contributed by atoms with Crippen molar-refractivity contribution in [2.24, 2.45) is 0 Å². The lowest BCUT2D eigenvalue weighted by atomic mass is 10.1. The number of urea groups is 1. The van der Waals surface area contributed by atoms with Gasteiger partial charge in [0.2, 0.25) is 15.9 Å². The quantitative estimate of drug-likeness (QED) is 0.795. The van der Waals surface area contributed by atoms with Gasteiger partial charge in [0, 0.05) is 38.7 Å². The summed E-state index contributed by atoms with van der Waals surface area (Å²) in [6.45, 7) is 4.53. The van der Waals surface area contributed by atoms with Crippen LogP contribution in [0.15, 0.2) is 28.8 Å². The van der Waals surface area contributed by atoms with Crippen LogP contribution in [0.1, 0.15) is 17.3 Å². The first-order valence-corrected chi connectivity index (χ1v) is 10.5. The van der Waals surface area contributed by atoms with Crippen molar-refractivity contribution in [3.63, 3.8) is 0 Å². The maximum Gasteiger partial charge on any atom is 0.321 e. The number of aryl methyl sites for hydroxylation is 2. The van der Waals surface area contributed by atoms with E-state index in [1.165, 1.54) is 10.6 Å². The fourth-order valence-corrected chi connectivity index (χ4v) is 4.08. The molecular weight excluding hydrogens is 370 g/mol. The Morgan fingerprint density at radius 3 is 2.63 bits per heavy atom. The van der Waals surface area contributed by atoms with Crippen molar-refractivity contribution in [2.75, 3.05) is 31.2 Å². The summed E-state index contributed by atoms with van der Waals surface area (Å²) in [4.78, 5) is 18.0. The highest BCUT2D eigenvalue weighted by Crippen LogP contribution is 2.21. The normalized spacial score (nSPS) is 15.0. The Morgan fingerprint density at radius 1 is 1.33 bits per heavy atom. The van der Waals surface area contributed by atoms with Crippen LogP contribution in [0.3, 0.4) is 0 Å². The minimum absolute atomic E-state index is 0.234. The van der Waals surface area contributed by atoms with E-state index in [-0.39, 0.29) is 18.6 Å². The molecule has 1 saturated heterocycles. The molecule has 3 rings (SSSR count). The van der Waals surface area contributed by atoms with Gasteiger partial charge in [-0.3, -0.25) is 0 Å². The van der Waals surface area contributed by atoms with Crippen molar-refractivity contribution < 1.29 is 17.7 Å². The van der Waals surface area contributed by atoms with Crippen molar-refractivity contribution >= 4 is 21.7 Å². The van der Waals surface area contributed by atoms with E-state index >= 15 is 0 Å². The molecule has 2 amide bonds. The van der Waals surface area contributed by atoms with Crippen LogP contribution in [-0.4, -0.2) is 65.7 Å². The number of anilines is 1. The number of hydrogen-bond donors (Lipinski definition) is 1. The van der Waals surface area contributed by atoms with Gasteiger partial charge in [-0.2, -0.15) is 9.29 Å². The monoisotopic (exact) mass is 393 g/mol. The second-order valence-corrected chi connectivity index (χ2v) is 8.59. The van der Waals surface area contributed by atoms with Crippen molar-refractivity contribution in [1.82, 2.24) is 19.3 Å². The molecule has 1 aliphatic heterocycles. The van der Waals surface area contributed by atoms with Gasteiger partial charge >= 0.3 is 6.03 Å². The van der Waals surface area contributed by atoms with Crippen LogP contribution in [0.4, 0.5) is 10.5 Å². The van der Waals surface area contributed by atoms with Gasteiger partial charge in [-0.25, -0.2) is 13.2 Å². The summed E-state index contributed by atoms with van der Waals surface area (Å²) in [5, 5.41) is 6.65. The number of nitrogens with zero attached hydrogens (tertiary/aromatic N) is 4. The molecule has 0 unspecified atom stereocenters. The number of likely N-dealkylation sites (tertiary alicyclic amines) is 1. The average Bonchev–Trinajstić information content (AvgIpc) is 2.95. The lowest BCUT2D eigenvalue weighted by Crippen LogP contribution is -2.63. The van der Waals surface area contributed by atoms with Crippen LogP contribution in [0.2, 0.25) is 0 Å². The van der Waals surface area contributed by atoms with Gasteiger partial charge in [-0.15, -0.1) is 0 Å². The Labute approximate surface area is 158 Å². The van der Waals surface area contributed by atoms with Gasteiger partial charge in [-0.1, -0.05) is 23.4 Å². The van der Waals surface area contributed by atoms with E-state index in [1.807, 2.05) is 31.2 Å². The largest absolute Gasteiger partial charge is 0.340 e. The molecule has 0 bridgehead atoms. The number of carbonyl (C=O) groups is 1. The molecule has 0 saturated carbocycles. The third-order valence-electron chi connectivity index (χ3n) is 4.49. The Balaban J connectivity index is 1.57. The van der Waals surface area contributed by atoms with E-state index in [0.717, 1.165) is 11.3 Å². The predicted molar refractivity (Wildman–Crippen MR) is 99.8 cm³/mol. The molecule has 146 valence electrons. The molecule has 27 heavy (non-hydrogen) atoms. The Bertz CT molecular complexity index is 921. The molecule has 10 heteroatoms. The fourth-order valence-electron chi connectivity index (χ4n) is 2.98. The maximum absolute atomic E-state index is 12.4. The Hall–Kier alpha value is -2.46. The number of carbonyl (C=O) groups excluding carboxylic acids is 1. The van der Waals surface area contributed by atoms with E-state index in [1.54, 1.807) is 11.8 Å². The summed E-state index contributed by atoms with van der Waals surface area (Å²) in [6.07, 6.45) is 1.53. The Kier molecular flexibility index (Phi) is 5.47. The molecule has 2 heterocycles. The number of sulfonamides is 1. The first-order valence-electron chi connectivity index (χ1n) is 8.61. The summed E-state index contributed by atoms with van der Waals surface area (Å²) in [7, 11) is -3.41. The predicted octanol–water partition coefficient (Wildman–Crippen LogP) is 1.41. The zero-order valence-corrected chi connectivity index (χ0v) is 16.4. The molecule has 0 radical (unpaired) electrons. The minimum atomic E-state index is -3.41. The van der Waals surface area contributed by atoms with Gasteiger partial charge in [-0.05, 0) is 18.6 Å². The van der Waals surface area contributed by atoms with E-state index in [2.05, 4.69) is 15.5 Å². The first-order chi connectivity index (χ1) is 12.7. The molecule has 1 fully saturated rings. The number of nitrogens with one attached hydrogen (secondary N) is 1. The Morgan fingerprint density at radius 2 is 2.04 bits per heavy atom. The molecular formula is C17H23N5O4S. The highest BCUT2D eigenvalue weighted by molar-refractivity contribution is 7.88. The number of rotatable bonds is 6. The number of para-hydroxylation sites is 1. The number of hydrogen-bond acceptors (Lipinski definition) is 6. The van der Waals surface area contributed by atoms with Gasteiger partial charge in [0.05, 0.1) is 12.3 Å². The van der Waals surface area contributed by atoms with E-state index in [9.17, 15) is 13.2 Å². The van der Waals surface area contributed by atoms with Crippen molar-refractivity contribution in [2.45, 2.75) is 26.3 Å². The number of benzene rings is 1. The highest BCUT2D eigenvalue weighted by atomic mass is 32.2. The van der Waals surface area contributed by atoms with Crippen LogP contribution >= 0.6 is 0 Å². The summed E-state index contributed by atoms with van der Waals surface area (Å²) >= 11 is 0. The standard InChI is InChI=1S/C17H23N5O4S/c1-12-6-4-5-7-15(12)19-17(23)21-10-14(11-21)22(27(3,24)25)9-8-16-18-13(2)26-20-16/h4-7,14H,8-11H2,1-3H3,(H,19,23). The zero-order valence-electron chi connectivity index (χ0n) is 15.5. The SMILES string of the molecule is Cc1nc(CCN(C2CN(C(=O)Nc3ccccc3C)C2)S(C)(=O)=O)no1. The maximum atomic E-state index is 12.4. The molecule has 1 aromatic carbocycles. The van der Waals surface area contributed by atoms with E-state index < -0.39 is 10.0 Å². The van der Waals surface area contributed by atoms with E-state index in [4.69, 9.17) is 4.52 Å². The van der Waals surface area contributed by atoms with Crippen molar-refractivity contribution in [3.8, 4) is 0 Å². The van der Waals surface area contributed by atoms with Crippen molar-refractivity contribution in [3.05, 3.63) is 41.5 Å². The second-order valence-electron chi connectivity index (χ2n) is 6.66. The first kappa shape index (κ1) is 19.3. The second kappa shape index (κ2) is 7.65. The van der Waals surface area contributed by atoms with Crippen LogP contribution < -0.4 is 5.32 Å².